The number of carbonyl (C=O) groups excluding carboxylic acids is 1. The van der Waals surface area contributed by atoms with Crippen molar-refractivity contribution in [2.24, 2.45) is 0 Å². The van der Waals surface area contributed by atoms with Gasteiger partial charge in [-0.1, -0.05) is 43.7 Å². The normalized spacial score (nSPS) is 10.5. The average Bonchev–Trinajstić information content (AvgIpc) is 2.53. The van der Waals surface area contributed by atoms with Crippen LogP contribution in [0.15, 0.2) is 30.3 Å². The van der Waals surface area contributed by atoms with Gasteiger partial charge in [0.2, 0.25) is 0 Å². The minimum absolute atomic E-state index is 0.337. The number of hydrogen-bond donors (Lipinski definition) is 0. The number of rotatable bonds is 6. The topological polar surface area (TPSA) is 52.1 Å². The Balaban J connectivity index is 2.54. The van der Waals surface area contributed by atoms with Gasteiger partial charge in [0.05, 0.1) is 18.0 Å². The molecule has 0 N–H and O–H groups in total. The molecule has 0 aliphatic rings. The molecular weight excluding hydrogens is 276 g/mol. The summed E-state index contributed by atoms with van der Waals surface area (Å²) in [5.41, 5.74) is 2.72. The van der Waals surface area contributed by atoms with Crippen molar-refractivity contribution in [2.45, 2.75) is 40.0 Å². The molecule has 0 aliphatic heterocycles. The molecule has 0 fully saturated rings. The lowest BCUT2D eigenvalue weighted by Crippen LogP contribution is -2.13. The van der Waals surface area contributed by atoms with Crippen molar-refractivity contribution in [1.82, 2.24) is 9.97 Å². The molecule has 4 heteroatoms. The summed E-state index contributed by atoms with van der Waals surface area (Å²) in [5, 5.41) is 0. The first-order valence-electron chi connectivity index (χ1n) is 7.77. The van der Waals surface area contributed by atoms with E-state index >= 15 is 0 Å². The van der Waals surface area contributed by atoms with E-state index in [9.17, 15) is 4.79 Å². The molecule has 0 saturated heterocycles. The van der Waals surface area contributed by atoms with E-state index in [0.29, 0.717) is 23.6 Å². The van der Waals surface area contributed by atoms with E-state index in [-0.39, 0.29) is 5.97 Å². The molecular formula is C18H22N2O2. The Labute approximate surface area is 131 Å². The van der Waals surface area contributed by atoms with Crippen molar-refractivity contribution < 1.29 is 9.53 Å². The zero-order valence-corrected chi connectivity index (χ0v) is 13.4. The molecule has 2 aromatic rings. The molecule has 0 amide bonds. The summed E-state index contributed by atoms with van der Waals surface area (Å²) in [6.45, 7) is 6.11. The van der Waals surface area contributed by atoms with Crippen molar-refractivity contribution in [3.8, 4) is 11.3 Å². The zero-order valence-electron chi connectivity index (χ0n) is 13.4. The van der Waals surface area contributed by atoms with E-state index in [0.717, 1.165) is 30.7 Å². The van der Waals surface area contributed by atoms with Gasteiger partial charge in [-0.25, -0.2) is 14.8 Å². The minimum atomic E-state index is -0.360. The zero-order chi connectivity index (χ0) is 15.9. The van der Waals surface area contributed by atoms with Crippen LogP contribution in [0, 0.1) is 6.92 Å². The lowest BCUT2D eigenvalue weighted by molar-refractivity contribution is 0.0525. The summed E-state index contributed by atoms with van der Waals surface area (Å²) in [5.74, 6) is 0.423. The number of carbonyl (C=O) groups is 1. The van der Waals surface area contributed by atoms with E-state index in [1.807, 2.05) is 37.3 Å². The van der Waals surface area contributed by atoms with E-state index in [1.165, 1.54) is 0 Å². The second-order valence-corrected chi connectivity index (χ2v) is 5.14. The number of nitrogens with zero attached hydrogens (tertiary/aromatic N) is 2. The van der Waals surface area contributed by atoms with E-state index in [1.54, 1.807) is 6.92 Å². The van der Waals surface area contributed by atoms with Crippen LogP contribution in [0.3, 0.4) is 0 Å². The number of esters is 1. The molecule has 0 spiro atoms. The van der Waals surface area contributed by atoms with Gasteiger partial charge in [0, 0.05) is 12.0 Å². The number of hydrogen-bond acceptors (Lipinski definition) is 4. The first-order chi connectivity index (χ1) is 10.7. The van der Waals surface area contributed by atoms with Crippen LogP contribution in [0.5, 0.6) is 0 Å². The van der Waals surface area contributed by atoms with Crippen LogP contribution in [-0.2, 0) is 11.2 Å². The predicted octanol–water partition coefficient (Wildman–Crippen LogP) is 3.97. The molecule has 0 aliphatic carbocycles. The Bertz CT molecular complexity index is 639. The third kappa shape index (κ3) is 3.70. The molecule has 2 rings (SSSR count). The highest BCUT2D eigenvalue weighted by molar-refractivity contribution is 5.97. The van der Waals surface area contributed by atoms with E-state index in [4.69, 9.17) is 4.74 Å². The largest absolute Gasteiger partial charge is 0.462 e. The van der Waals surface area contributed by atoms with E-state index < -0.39 is 0 Å². The van der Waals surface area contributed by atoms with E-state index in [2.05, 4.69) is 16.9 Å². The summed E-state index contributed by atoms with van der Waals surface area (Å²) in [6.07, 6.45) is 2.94. The van der Waals surface area contributed by atoms with Gasteiger partial charge in [-0.3, -0.25) is 0 Å². The average molecular weight is 298 g/mol. The summed E-state index contributed by atoms with van der Waals surface area (Å²) in [6, 6.07) is 9.72. The Morgan fingerprint density at radius 3 is 2.50 bits per heavy atom. The van der Waals surface area contributed by atoms with Crippen molar-refractivity contribution in [2.75, 3.05) is 6.61 Å². The van der Waals surface area contributed by atoms with Gasteiger partial charge in [0.15, 0.2) is 0 Å². The fourth-order valence-electron chi connectivity index (χ4n) is 2.33. The Kier molecular flexibility index (Phi) is 5.64. The number of ether oxygens (including phenoxy) is 1. The number of unbranched alkanes of at least 4 members (excludes halogenated alkanes) is 1. The molecule has 4 nitrogen and oxygen atoms in total. The third-order valence-electron chi connectivity index (χ3n) is 3.42. The van der Waals surface area contributed by atoms with Crippen molar-refractivity contribution in [3.05, 3.63) is 47.4 Å². The maximum absolute atomic E-state index is 12.3. The van der Waals surface area contributed by atoms with Crippen molar-refractivity contribution in [1.29, 1.82) is 0 Å². The van der Waals surface area contributed by atoms with Gasteiger partial charge in [0.1, 0.15) is 11.4 Å². The smallest absolute Gasteiger partial charge is 0.342 e. The van der Waals surface area contributed by atoms with Gasteiger partial charge >= 0.3 is 5.97 Å². The fourth-order valence-corrected chi connectivity index (χ4v) is 2.33. The highest BCUT2D eigenvalue weighted by Gasteiger charge is 2.20. The van der Waals surface area contributed by atoms with Gasteiger partial charge < -0.3 is 4.74 Å². The number of benzene rings is 1. The molecule has 1 heterocycles. The van der Waals surface area contributed by atoms with Crippen LogP contribution < -0.4 is 0 Å². The summed E-state index contributed by atoms with van der Waals surface area (Å²) >= 11 is 0. The van der Waals surface area contributed by atoms with Crippen molar-refractivity contribution >= 4 is 5.97 Å². The Morgan fingerprint density at radius 2 is 1.86 bits per heavy atom. The summed E-state index contributed by atoms with van der Waals surface area (Å²) in [7, 11) is 0. The molecule has 116 valence electrons. The third-order valence-corrected chi connectivity index (χ3v) is 3.42. The lowest BCUT2D eigenvalue weighted by atomic mass is 10.0. The monoisotopic (exact) mass is 298 g/mol. The second kappa shape index (κ2) is 7.69. The van der Waals surface area contributed by atoms with Crippen LogP contribution in [-0.4, -0.2) is 22.5 Å². The minimum Gasteiger partial charge on any atom is -0.462 e. The Hall–Kier alpha value is -2.23. The highest BCUT2D eigenvalue weighted by Crippen LogP contribution is 2.24. The molecule has 0 bridgehead atoms. The SMILES string of the molecule is CCCCc1nc(C)c(C(=O)OCC)c(-c2ccccc2)n1. The van der Waals surface area contributed by atoms with Gasteiger partial charge in [-0.15, -0.1) is 0 Å². The molecule has 0 atom stereocenters. The standard InChI is InChI=1S/C18H22N2O2/c1-4-6-12-15-19-13(3)16(18(21)22-5-2)17(20-15)14-10-8-7-9-11-14/h7-11H,4-6,12H2,1-3H3. The van der Waals surface area contributed by atoms with Crippen LogP contribution in [0.1, 0.15) is 48.6 Å². The Morgan fingerprint density at radius 1 is 1.14 bits per heavy atom. The first-order valence-corrected chi connectivity index (χ1v) is 7.77. The van der Waals surface area contributed by atoms with Crippen LogP contribution in [0.25, 0.3) is 11.3 Å². The number of aryl methyl sites for hydroxylation is 2. The molecule has 0 radical (unpaired) electrons. The second-order valence-electron chi connectivity index (χ2n) is 5.14. The van der Waals surface area contributed by atoms with Crippen LogP contribution in [0.4, 0.5) is 0 Å². The quantitative estimate of drug-likeness (QED) is 0.757. The molecule has 1 aromatic heterocycles. The molecule has 0 saturated carbocycles. The van der Waals surface area contributed by atoms with Crippen LogP contribution >= 0.6 is 0 Å². The molecule has 1 aromatic carbocycles. The van der Waals surface area contributed by atoms with Crippen molar-refractivity contribution in [3.63, 3.8) is 0 Å². The predicted molar refractivity (Wildman–Crippen MR) is 86.8 cm³/mol. The van der Waals surface area contributed by atoms with Gasteiger partial charge in [-0.2, -0.15) is 0 Å². The highest BCUT2D eigenvalue weighted by atomic mass is 16.5. The molecule has 0 unspecified atom stereocenters. The van der Waals surface area contributed by atoms with Crippen LogP contribution in [0.2, 0.25) is 0 Å². The fraction of sp³-hybridized carbons (Fsp3) is 0.389. The maximum Gasteiger partial charge on any atom is 0.342 e. The first kappa shape index (κ1) is 16.1. The maximum atomic E-state index is 12.3. The van der Waals surface area contributed by atoms with Gasteiger partial charge in [0.25, 0.3) is 0 Å². The summed E-state index contributed by atoms with van der Waals surface area (Å²) in [4.78, 5) is 21.4. The van der Waals surface area contributed by atoms with Gasteiger partial charge in [-0.05, 0) is 20.3 Å². The number of aromatic nitrogens is 2. The molecule has 22 heavy (non-hydrogen) atoms. The summed E-state index contributed by atoms with van der Waals surface area (Å²) < 4.78 is 5.17. The lowest BCUT2D eigenvalue weighted by Gasteiger charge is -2.12.